The van der Waals surface area contributed by atoms with Crippen LogP contribution in [0.5, 0.6) is 0 Å². The summed E-state index contributed by atoms with van der Waals surface area (Å²) in [6, 6.07) is 8.32. The molecular formula is C20H20ClNO3S. The second-order valence-corrected chi connectivity index (χ2v) is 8.78. The lowest BCUT2D eigenvalue weighted by molar-refractivity contribution is -0.123. The SMILES string of the molecule is Cc1ccc(Cl)cc1N1C(=O)C(O)=C(C(=O)C(C)(C)C)C1c1cccs1. The molecule has 1 aliphatic heterocycles. The number of anilines is 1. The van der Waals surface area contributed by atoms with Crippen LogP contribution in [0.25, 0.3) is 0 Å². The molecule has 3 rings (SSSR count). The monoisotopic (exact) mass is 389 g/mol. The maximum Gasteiger partial charge on any atom is 0.294 e. The quantitative estimate of drug-likeness (QED) is 0.782. The summed E-state index contributed by atoms with van der Waals surface area (Å²) >= 11 is 7.59. The van der Waals surface area contributed by atoms with Gasteiger partial charge in [-0.2, -0.15) is 0 Å². The van der Waals surface area contributed by atoms with E-state index in [0.29, 0.717) is 10.7 Å². The van der Waals surface area contributed by atoms with E-state index in [9.17, 15) is 14.7 Å². The van der Waals surface area contributed by atoms with E-state index < -0.39 is 23.1 Å². The van der Waals surface area contributed by atoms with Gasteiger partial charge in [0, 0.05) is 21.0 Å². The van der Waals surface area contributed by atoms with Crippen LogP contribution in [-0.4, -0.2) is 16.8 Å². The first-order valence-electron chi connectivity index (χ1n) is 8.24. The standard InChI is InChI=1S/C20H20ClNO3S/c1-11-7-8-12(21)10-13(11)22-16(14-6-5-9-26-14)15(17(23)19(22)25)18(24)20(2,3)4/h5-10,16,23H,1-4H3. The summed E-state index contributed by atoms with van der Waals surface area (Å²) in [5, 5.41) is 13.0. The number of benzene rings is 1. The lowest BCUT2D eigenvalue weighted by Gasteiger charge is -2.29. The number of carbonyl (C=O) groups excluding carboxylic acids is 2. The van der Waals surface area contributed by atoms with Crippen LogP contribution < -0.4 is 4.90 Å². The minimum absolute atomic E-state index is 0.143. The molecule has 0 saturated carbocycles. The molecule has 0 radical (unpaired) electrons. The van der Waals surface area contributed by atoms with Crippen molar-refractivity contribution in [2.75, 3.05) is 4.90 Å². The Hall–Kier alpha value is -2.11. The zero-order chi connectivity index (χ0) is 19.2. The van der Waals surface area contributed by atoms with Gasteiger partial charge in [-0.3, -0.25) is 14.5 Å². The third kappa shape index (κ3) is 3.06. The molecule has 0 spiro atoms. The van der Waals surface area contributed by atoms with E-state index in [2.05, 4.69) is 0 Å². The summed E-state index contributed by atoms with van der Waals surface area (Å²) in [5.74, 6) is -1.31. The fraction of sp³-hybridized carbons (Fsp3) is 0.300. The Balaban J connectivity index is 2.22. The average molecular weight is 390 g/mol. The van der Waals surface area contributed by atoms with Crippen LogP contribution in [0.3, 0.4) is 0 Å². The topological polar surface area (TPSA) is 57.6 Å². The van der Waals surface area contributed by atoms with E-state index in [1.165, 1.54) is 16.2 Å². The van der Waals surface area contributed by atoms with Gasteiger partial charge in [0.15, 0.2) is 11.5 Å². The van der Waals surface area contributed by atoms with Crippen LogP contribution >= 0.6 is 22.9 Å². The van der Waals surface area contributed by atoms with Crippen molar-refractivity contribution in [2.24, 2.45) is 5.41 Å². The predicted octanol–water partition coefficient (Wildman–Crippen LogP) is 5.23. The molecule has 2 heterocycles. The molecule has 2 aromatic rings. The van der Waals surface area contributed by atoms with Gasteiger partial charge in [0.1, 0.15) is 6.04 Å². The van der Waals surface area contributed by atoms with Crippen molar-refractivity contribution in [3.05, 3.63) is 62.5 Å². The van der Waals surface area contributed by atoms with Gasteiger partial charge in [0.25, 0.3) is 5.91 Å². The minimum Gasteiger partial charge on any atom is -0.503 e. The highest BCUT2D eigenvalue weighted by atomic mass is 35.5. The Morgan fingerprint density at radius 1 is 1.27 bits per heavy atom. The third-order valence-electron chi connectivity index (χ3n) is 4.38. The number of Topliss-reactive ketones (excluding diaryl/α,β-unsaturated/α-hetero) is 1. The summed E-state index contributed by atoms with van der Waals surface area (Å²) in [7, 11) is 0. The van der Waals surface area contributed by atoms with Gasteiger partial charge in [0.05, 0.1) is 5.57 Å². The van der Waals surface area contributed by atoms with E-state index >= 15 is 0 Å². The maximum atomic E-state index is 13.0. The normalized spacial score (nSPS) is 18.0. The number of hydrogen-bond donors (Lipinski definition) is 1. The molecule has 0 fully saturated rings. The van der Waals surface area contributed by atoms with Crippen molar-refractivity contribution in [2.45, 2.75) is 33.7 Å². The fourth-order valence-electron chi connectivity index (χ4n) is 3.05. The molecule has 0 bridgehead atoms. The van der Waals surface area contributed by atoms with Crippen molar-refractivity contribution in [1.29, 1.82) is 0 Å². The first kappa shape index (κ1) is 18.7. The van der Waals surface area contributed by atoms with Gasteiger partial charge >= 0.3 is 0 Å². The fourth-order valence-corrected chi connectivity index (χ4v) is 4.04. The lowest BCUT2D eigenvalue weighted by Crippen LogP contribution is -2.32. The molecule has 1 aliphatic rings. The maximum absolute atomic E-state index is 13.0. The van der Waals surface area contributed by atoms with E-state index in [-0.39, 0.29) is 11.4 Å². The predicted molar refractivity (Wildman–Crippen MR) is 105 cm³/mol. The summed E-state index contributed by atoms with van der Waals surface area (Å²) in [6.45, 7) is 7.20. The number of amides is 1. The molecular weight excluding hydrogens is 370 g/mol. The highest BCUT2D eigenvalue weighted by Gasteiger charge is 2.47. The molecule has 6 heteroatoms. The van der Waals surface area contributed by atoms with Gasteiger partial charge < -0.3 is 5.11 Å². The molecule has 1 N–H and O–H groups in total. The van der Waals surface area contributed by atoms with Crippen molar-refractivity contribution in [3.8, 4) is 0 Å². The number of nitrogens with zero attached hydrogens (tertiary/aromatic N) is 1. The van der Waals surface area contributed by atoms with E-state index in [4.69, 9.17) is 11.6 Å². The number of ketones is 1. The molecule has 26 heavy (non-hydrogen) atoms. The summed E-state index contributed by atoms with van der Waals surface area (Å²) in [4.78, 5) is 28.3. The molecule has 1 atom stereocenters. The van der Waals surface area contributed by atoms with Gasteiger partial charge in [-0.1, -0.05) is 44.5 Å². The summed E-state index contributed by atoms with van der Waals surface area (Å²) in [5.41, 5.74) is 0.841. The van der Waals surface area contributed by atoms with Crippen LogP contribution in [0, 0.1) is 12.3 Å². The van der Waals surface area contributed by atoms with Gasteiger partial charge in [-0.15, -0.1) is 11.3 Å². The van der Waals surface area contributed by atoms with E-state index in [1.54, 1.807) is 32.9 Å². The van der Waals surface area contributed by atoms with Crippen LogP contribution in [0.2, 0.25) is 5.02 Å². The number of aliphatic hydroxyl groups excluding tert-OH is 1. The number of aliphatic hydroxyl groups is 1. The number of aryl methyl sites for hydroxylation is 1. The lowest BCUT2D eigenvalue weighted by atomic mass is 9.83. The van der Waals surface area contributed by atoms with Crippen LogP contribution in [0.15, 0.2) is 47.0 Å². The zero-order valence-corrected chi connectivity index (χ0v) is 16.6. The highest BCUT2D eigenvalue weighted by Crippen LogP contribution is 2.45. The molecule has 136 valence electrons. The molecule has 0 aliphatic carbocycles. The number of hydrogen-bond acceptors (Lipinski definition) is 4. The zero-order valence-electron chi connectivity index (χ0n) is 15.0. The number of thiophene rings is 1. The summed E-state index contributed by atoms with van der Waals surface area (Å²) in [6.07, 6.45) is 0. The Kier molecular flexibility index (Phi) is 4.71. The number of carbonyl (C=O) groups is 2. The van der Waals surface area contributed by atoms with Gasteiger partial charge in [0.2, 0.25) is 0 Å². The van der Waals surface area contributed by atoms with Crippen molar-refractivity contribution < 1.29 is 14.7 Å². The Labute approximate surface area is 161 Å². The smallest absolute Gasteiger partial charge is 0.294 e. The second kappa shape index (κ2) is 6.56. The first-order valence-corrected chi connectivity index (χ1v) is 9.49. The Morgan fingerprint density at radius 3 is 2.54 bits per heavy atom. The molecule has 4 nitrogen and oxygen atoms in total. The number of halogens is 1. The largest absolute Gasteiger partial charge is 0.503 e. The van der Waals surface area contributed by atoms with Crippen molar-refractivity contribution in [1.82, 2.24) is 0 Å². The summed E-state index contributed by atoms with van der Waals surface area (Å²) < 4.78 is 0. The molecule has 1 unspecified atom stereocenters. The number of rotatable bonds is 3. The van der Waals surface area contributed by atoms with Crippen LogP contribution in [0.4, 0.5) is 5.69 Å². The first-order chi connectivity index (χ1) is 12.1. The highest BCUT2D eigenvalue weighted by molar-refractivity contribution is 7.10. The Morgan fingerprint density at radius 2 is 1.96 bits per heavy atom. The van der Waals surface area contributed by atoms with Crippen LogP contribution in [-0.2, 0) is 9.59 Å². The molecule has 1 aromatic heterocycles. The molecule has 0 saturated heterocycles. The van der Waals surface area contributed by atoms with Crippen molar-refractivity contribution >= 4 is 40.3 Å². The van der Waals surface area contributed by atoms with Gasteiger partial charge in [-0.05, 0) is 36.1 Å². The second-order valence-electron chi connectivity index (χ2n) is 7.37. The van der Waals surface area contributed by atoms with E-state index in [0.717, 1.165) is 10.4 Å². The third-order valence-corrected chi connectivity index (χ3v) is 5.54. The van der Waals surface area contributed by atoms with Gasteiger partial charge in [-0.25, -0.2) is 0 Å². The average Bonchev–Trinajstić information content (AvgIpc) is 3.16. The van der Waals surface area contributed by atoms with E-state index in [1.807, 2.05) is 30.5 Å². The Bertz CT molecular complexity index is 910. The molecule has 1 amide bonds. The van der Waals surface area contributed by atoms with Crippen molar-refractivity contribution in [3.63, 3.8) is 0 Å². The van der Waals surface area contributed by atoms with Crippen LogP contribution in [0.1, 0.15) is 37.3 Å². The molecule has 1 aromatic carbocycles. The minimum atomic E-state index is -0.724.